The number of aromatic nitrogens is 1. The molecule has 26 heavy (non-hydrogen) atoms. The molecule has 0 radical (unpaired) electrons. The van der Waals surface area contributed by atoms with Crippen molar-refractivity contribution in [2.75, 3.05) is 6.54 Å². The van der Waals surface area contributed by atoms with Gasteiger partial charge in [-0.05, 0) is 36.8 Å². The molecule has 0 bridgehead atoms. The highest BCUT2D eigenvalue weighted by atomic mass is 35.5. The number of carbonyl (C=O) groups excluding carboxylic acids is 2. The van der Waals surface area contributed by atoms with E-state index in [1.165, 1.54) is 6.07 Å². The number of hydrogen-bond donors (Lipinski definition) is 2. The molecule has 2 amide bonds. The Hall–Kier alpha value is -2.34. The van der Waals surface area contributed by atoms with Crippen molar-refractivity contribution in [3.63, 3.8) is 0 Å². The van der Waals surface area contributed by atoms with Crippen LogP contribution in [0.3, 0.4) is 0 Å². The molecular formula is C19H22ClN3O3. The van der Waals surface area contributed by atoms with E-state index in [-0.39, 0.29) is 17.5 Å². The van der Waals surface area contributed by atoms with E-state index in [9.17, 15) is 9.59 Å². The second-order valence-corrected chi connectivity index (χ2v) is 7.35. The standard InChI is InChI=1S/C19H22ClN3O3/c1-11(2)17(19(25)21-10-12-7-8-12)22-18(24)15-9-16(26-23-15)13-5-3-4-6-14(13)20/h3-6,9,11-12,17H,7-8,10H2,1-2H3,(H,21,25)(H,22,24). The molecule has 1 aromatic carbocycles. The molecule has 0 spiro atoms. The van der Waals surface area contributed by atoms with Crippen molar-refractivity contribution in [3.05, 3.63) is 41.0 Å². The number of carbonyl (C=O) groups is 2. The minimum absolute atomic E-state index is 0.0481. The van der Waals surface area contributed by atoms with Crippen LogP contribution in [0.1, 0.15) is 37.2 Å². The topological polar surface area (TPSA) is 84.2 Å². The van der Waals surface area contributed by atoms with E-state index >= 15 is 0 Å². The number of nitrogens with zero attached hydrogens (tertiary/aromatic N) is 1. The lowest BCUT2D eigenvalue weighted by atomic mass is 10.0. The number of amides is 2. The van der Waals surface area contributed by atoms with Gasteiger partial charge in [-0.25, -0.2) is 0 Å². The van der Waals surface area contributed by atoms with Crippen molar-refractivity contribution in [3.8, 4) is 11.3 Å². The third-order valence-corrected chi connectivity index (χ3v) is 4.71. The Labute approximate surface area is 157 Å². The second-order valence-electron chi connectivity index (χ2n) is 6.94. The zero-order valence-electron chi connectivity index (χ0n) is 14.8. The van der Waals surface area contributed by atoms with Crippen LogP contribution in [0.15, 0.2) is 34.9 Å². The Morgan fingerprint density at radius 2 is 2.04 bits per heavy atom. The lowest BCUT2D eigenvalue weighted by Crippen LogP contribution is -2.50. The van der Waals surface area contributed by atoms with Gasteiger partial charge in [0.25, 0.3) is 5.91 Å². The summed E-state index contributed by atoms with van der Waals surface area (Å²) >= 11 is 6.14. The molecule has 0 aliphatic heterocycles. The van der Waals surface area contributed by atoms with Crippen molar-refractivity contribution in [2.24, 2.45) is 11.8 Å². The Morgan fingerprint density at radius 1 is 1.31 bits per heavy atom. The molecule has 138 valence electrons. The van der Waals surface area contributed by atoms with Gasteiger partial charge in [0, 0.05) is 18.2 Å². The summed E-state index contributed by atoms with van der Waals surface area (Å²) in [4.78, 5) is 24.9. The summed E-state index contributed by atoms with van der Waals surface area (Å²) in [5, 5.41) is 9.98. The summed E-state index contributed by atoms with van der Waals surface area (Å²) < 4.78 is 5.25. The predicted octanol–water partition coefficient (Wildman–Crippen LogP) is 3.28. The molecule has 1 heterocycles. The first-order valence-electron chi connectivity index (χ1n) is 8.76. The van der Waals surface area contributed by atoms with Crippen LogP contribution in [0, 0.1) is 11.8 Å². The van der Waals surface area contributed by atoms with Crippen molar-refractivity contribution in [1.29, 1.82) is 0 Å². The molecule has 0 saturated heterocycles. The molecule has 7 heteroatoms. The number of benzene rings is 1. The average Bonchev–Trinajstić information content (AvgIpc) is 3.32. The molecule has 1 unspecified atom stereocenters. The van der Waals surface area contributed by atoms with Gasteiger partial charge < -0.3 is 15.2 Å². The first-order chi connectivity index (χ1) is 12.5. The molecule has 1 aromatic heterocycles. The third kappa shape index (κ3) is 4.43. The highest BCUT2D eigenvalue weighted by Crippen LogP contribution is 2.28. The Balaban J connectivity index is 1.67. The molecule has 1 aliphatic carbocycles. The fourth-order valence-electron chi connectivity index (χ4n) is 2.60. The monoisotopic (exact) mass is 375 g/mol. The maximum absolute atomic E-state index is 12.5. The Morgan fingerprint density at radius 3 is 2.69 bits per heavy atom. The van der Waals surface area contributed by atoms with Crippen LogP contribution in [-0.4, -0.2) is 29.6 Å². The minimum Gasteiger partial charge on any atom is -0.355 e. The smallest absolute Gasteiger partial charge is 0.274 e. The van der Waals surface area contributed by atoms with Crippen LogP contribution < -0.4 is 10.6 Å². The van der Waals surface area contributed by atoms with E-state index in [4.69, 9.17) is 16.1 Å². The molecule has 6 nitrogen and oxygen atoms in total. The number of hydrogen-bond acceptors (Lipinski definition) is 4. The molecule has 1 aliphatic rings. The summed E-state index contributed by atoms with van der Waals surface area (Å²) in [5.74, 6) is 0.312. The van der Waals surface area contributed by atoms with Crippen molar-refractivity contribution in [1.82, 2.24) is 15.8 Å². The normalized spacial score (nSPS) is 14.9. The van der Waals surface area contributed by atoms with E-state index in [1.54, 1.807) is 12.1 Å². The summed E-state index contributed by atoms with van der Waals surface area (Å²) in [5.41, 5.74) is 0.767. The van der Waals surface area contributed by atoms with Crippen LogP contribution in [0.5, 0.6) is 0 Å². The summed E-state index contributed by atoms with van der Waals surface area (Å²) in [6.45, 7) is 4.44. The molecule has 1 fully saturated rings. The summed E-state index contributed by atoms with van der Waals surface area (Å²) in [7, 11) is 0. The Kier molecular flexibility index (Phi) is 5.61. The minimum atomic E-state index is -0.623. The molecular weight excluding hydrogens is 354 g/mol. The highest BCUT2D eigenvalue weighted by molar-refractivity contribution is 6.33. The van der Waals surface area contributed by atoms with E-state index < -0.39 is 11.9 Å². The van der Waals surface area contributed by atoms with Crippen molar-refractivity contribution in [2.45, 2.75) is 32.7 Å². The van der Waals surface area contributed by atoms with E-state index in [0.29, 0.717) is 28.8 Å². The van der Waals surface area contributed by atoms with Gasteiger partial charge in [0.1, 0.15) is 6.04 Å². The lowest BCUT2D eigenvalue weighted by molar-refractivity contribution is -0.124. The first-order valence-corrected chi connectivity index (χ1v) is 9.13. The Bertz CT molecular complexity index is 799. The van der Waals surface area contributed by atoms with Crippen LogP contribution in [0.2, 0.25) is 5.02 Å². The van der Waals surface area contributed by atoms with Crippen molar-refractivity contribution >= 4 is 23.4 Å². The maximum Gasteiger partial charge on any atom is 0.274 e. The van der Waals surface area contributed by atoms with Gasteiger partial charge in [-0.1, -0.05) is 42.7 Å². The van der Waals surface area contributed by atoms with Gasteiger partial charge in [0.15, 0.2) is 11.5 Å². The van der Waals surface area contributed by atoms with Crippen molar-refractivity contribution < 1.29 is 14.1 Å². The van der Waals surface area contributed by atoms with Crippen LogP contribution in [0.25, 0.3) is 11.3 Å². The maximum atomic E-state index is 12.5. The highest BCUT2D eigenvalue weighted by Gasteiger charge is 2.28. The lowest BCUT2D eigenvalue weighted by Gasteiger charge is -2.21. The second kappa shape index (κ2) is 7.91. The number of halogens is 1. The largest absolute Gasteiger partial charge is 0.355 e. The van der Waals surface area contributed by atoms with Crippen LogP contribution in [-0.2, 0) is 4.79 Å². The average molecular weight is 376 g/mol. The van der Waals surface area contributed by atoms with Crippen LogP contribution >= 0.6 is 11.6 Å². The SMILES string of the molecule is CC(C)C(NC(=O)c1cc(-c2ccccc2Cl)on1)C(=O)NCC1CC1. The van der Waals surface area contributed by atoms with E-state index in [1.807, 2.05) is 26.0 Å². The van der Waals surface area contributed by atoms with Gasteiger partial charge in [0.2, 0.25) is 5.91 Å². The third-order valence-electron chi connectivity index (χ3n) is 4.38. The molecule has 1 saturated carbocycles. The fraction of sp³-hybridized carbons (Fsp3) is 0.421. The van der Waals surface area contributed by atoms with Gasteiger partial charge >= 0.3 is 0 Å². The number of nitrogens with one attached hydrogen (secondary N) is 2. The van der Waals surface area contributed by atoms with Gasteiger partial charge in [-0.15, -0.1) is 0 Å². The van der Waals surface area contributed by atoms with Gasteiger partial charge in [-0.3, -0.25) is 9.59 Å². The zero-order valence-corrected chi connectivity index (χ0v) is 15.5. The van der Waals surface area contributed by atoms with Gasteiger partial charge in [0.05, 0.1) is 5.02 Å². The molecule has 2 N–H and O–H groups in total. The summed E-state index contributed by atoms with van der Waals surface area (Å²) in [6, 6.07) is 8.05. The summed E-state index contributed by atoms with van der Waals surface area (Å²) in [6.07, 6.45) is 2.31. The number of rotatable bonds is 7. The van der Waals surface area contributed by atoms with Gasteiger partial charge in [-0.2, -0.15) is 0 Å². The van der Waals surface area contributed by atoms with E-state index in [2.05, 4.69) is 15.8 Å². The molecule has 1 atom stereocenters. The van der Waals surface area contributed by atoms with E-state index in [0.717, 1.165) is 12.8 Å². The predicted molar refractivity (Wildman–Crippen MR) is 98.8 cm³/mol. The quantitative estimate of drug-likeness (QED) is 0.777. The zero-order chi connectivity index (χ0) is 18.7. The molecule has 2 aromatic rings. The molecule has 3 rings (SSSR count). The first kappa shape index (κ1) is 18.5. The fourth-order valence-corrected chi connectivity index (χ4v) is 2.83. The van der Waals surface area contributed by atoms with Crippen LogP contribution in [0.4, 0.5) is 0 Å².